The van der Waals surface area contributed by atoms with Crippen molar-refractivity contribution in [3.8, 4) is 11.6 Å². The van der Waals surface area contributed by atoms with Crippen LogP contribution in [-0.2, 0) is 19.1 Å². The predicted molar refractivity (Wildman–Crippen MR) is 104 cm³/mol. The summed E-state index contributed by atoms with van der Waals surface area (Å²) >= 11 is 0. The van der Waals surface area contributed by atoms with Gasteiger partial charge in [-0.3, -0.25) is 0 Å². The second-order valence-corrected chi connectivity index (χ2v) is 7.47. The van der Waals surface area contributed by atoms with E-state index in [1.165, 1.54) is 12.1 Å². The molecule has 0 saturated heterocycles. The second kappa shape index (κ2) is 7.39. The third-order valence-electron chi connectivity index (χ3n) is 4.67. The van der Waals surface area contributed by atoms with Crippen LogP contribution in [0.25, 0.3) is 22.5 Å². The van der Waals surface area contributed by atoms with E-state index in [4.69, 9.17) is 4.42 Å². The average molecular weight is 399 g/mol. The molecule has 4 rings (SSSR count). The van der Waals surface area contributed by atoms with Gasteiger partial charge in [0, 0.05) is 23.9 Å². The molecule has 2 aromatic heterocycles. The summed E-state index contributed by atoms with van der Waals surface area (Å²) in [5.74, 6) is 1.29. The molecular formula is C22H20F3N3O. The van der Waals surface area contributed by atoms with Gasteiger partial charge in [0.15, 0.2) is 0 Å². The molecule has 0 bridgehead atoms. The SMILES string of the molecule is CC(C)Cc1nnc(-c2cc3ccccc3n2Cc2cccc(C(F)(F)F)c2)o1. The van der Waals surface area contributed by atoms with Gasteiger partial charge in [-0.1, -0.05) is 44.2 Å². The molecule has 0 atom stereocenters. The van der Waals surface area contributed by atoms with Gasteiger partial charge in [0.2, 0.25) is 5.89 Å². The summed E-state index contributed by atoms with van der Waals surface area (Å²) in [7, 11) is 0. The lowest BCUT2D eigenvalue weighted by atomic mass is 10.1. The molecule has 0 aliphatic heterocycles. The first-order chi connectivity index (χ1) is 13.8. The van der Waals surface area contributed by atoms with Gasteiger partial charge in [-0.2, -0.15) is 13.2 Å². The van der Waals surface area contributed by atoms with Crippen LogP contribution in [0.5, 0.6) is 0 Å². The van der Waals surface area contributed by atoms with Crippen LogP contribution in [0.2, 0.25) is 0 Å². The number of nitrogens with zero attached hydrogens (tertiary/aromatic N) is 3. The van der Waals surface area contributed by atoms with Crippen LogP contribution in [0.4, 0.5) is 13.2 Å². The maximum atomic E-state index is 13.1. The minimum absolute atomic E-state index is 0.259. The zero-order valence-corrected chi connectivity index (χ0v) is 16.1. The van der Waals surface area contributed by atoms with Gasteiger partial charge in [0.1, 0.15) is 5.69 Å². The number of halogens is 3. The van der Waals surface area contributed by atoms with E-state index in [0.717, 1.165) is 17.0 Å². The monoisotopic (exact) mass is 399 g/mol. The molecule has 0 aliphatic rings. The van der Waals surface area contributed by atoms with E-state index in [1.807, 2.05) is 34.9 Å². The predicted octanol–water partition coefficient (Wildman–Crippen LogP) is 5.96. The van der Waals surface area contributed by atoms with Crippen molar-refractivity contribution in [2.75, 3.05) is 0 Å². The van der Waals surface area contributed by atoms with E-state index in [9.17, 15) is 13.2 Å². The molecule has 0 amide bonds. The minimum atomic E-state index is -4.38. The quantitative estimate of drug-likeness (QED) is 0.416. The molecule has 0 aliphatic carbocycles. The Labute approximate surface area is 166 Å². The lowest BCUT2D eigenvalue weighted by molar-refractivity contribution is -0.137. The highest BCUT2D eigenvalue weighted by atomic mass is 19.4. The fourth-order valence-corrected chi connectivity index (χ4v) is 3.38. The topological polar surface area (TPSA) is 43.9 Å². The Morgan fingerprint density at radius 3 is 2.55 bits per heavy atom. The van der Waals surface area contributed by atoms with E-state index in [2.05, 4.69) is 24.0 Å². The van der Waals surface area contributed by atoms with Crippen LogP contribution in [-0.4, -0.2) is 14.8 Å². The van der Waals surface area contributed by atoms with Gasteiger partial charge >= 0.3 is 6.18 Å². The lowest BCUT2D eigenvalue weighted by Crippen LogP contribution is -2.07. The first-order valence-corrected chi connectivity index (χ1v) is 9.38. The highest BCUT2D eigenvalue weighted by Gasteiger charge is 2.30. The van der Waals surface area contributed by atoms with Crippen LogP contribution in [0.15, 0.2) is 59.0 Å². The number of rotatable bonds is 5. The van der Waals surface area contributed by atoms with Crippen molar-refractivity contribution in [1.29, 1.82) is 0 Å². The number of alkyl halides is 3. The Morgan fingerprint density at radius 1 is 1.00 bits per heavy atom. The molecule has 2 heterocycles. The molecule has 0 spiro atoms. The summed E-state index contributed by atoms with van der Waals surface area (Å²) in [6.45, 7) is 4.39. The standard InChI is InChI=1S/C22H20F3N3O/c1-14(2)10-20-26-27-21(29-20)19-12-16-7-3-4-9-18(16)28(19)13-15-6-5-8-17(11-15)22(23,24)25/h3-9,11-12,14H,10,13H2,1-2H3. The van der Waals surface area contributed by atoms with E-state index in [0.29, 0.717) is 35.4 Å². The Bertz CT molecular complexity index is 1140. The second-order valence-electron chi connectivity index (χ2n) is 7.47. The molecule has 4 nitrogen and oxygen atoms in total. The molecule has 2 aromatic carbocycles. The van der Waals surface area contributed by atoms with E-state index < -0.39 is 11.7 Å². The number of hydrogen-bond acceptors (Lipinski definition) is 3. The maximum absolute atomic E-state index is 13.1. The summed E-state index contributed by atoms with van der Waals surface area (Å²) in [5, 5.41) is 9.25. The van der Waals surface area contributed by atoms with Crippen molar-refractivity contribution >= 4 is 10.9 Å². The Hall–Kier alpha value is -3.09. The summed E-state index contributed by atoms with van der Waals surface area (Å²) in [6.07, 6.45) is -3.71. The number of aromatic nitrogens is 3. The third kappa shape index (κ3) is 4.04. The molecule has 0 radical (unpaired) electrons. The van der Waals surface area contributed by atoms with Crippen molar-refractivity contribution in [3.63, 3.8) is 0 Å². The summed E-state index contributed by atoms with van der Waals surface area (Å²) < 4.78 is 47.1. The fraction of sp³-hybridized carbons (Fsp3) is 0.273. The third-order valence-corrected chi connectivity index (χ3v) is 4.67. The van der Waals surface area contributed by atoms with Crippen molar-refractivity contribution in [2.45, 2.75) is 33.0 Å². The maximum Gasteiger partial charge on any atom is 0.416 e. The van der Waals surface area contributed by atoms with Crippen molar-refractivity contribution in [1.82, 2.24) is 14.8 Å². The highest BCUT2D eigenvalue weighted by Crippen LogP contribution is 2.32. The summed E-state index contributed by atoms with van der Waals surface area (Å²) in [4.78, 5) is 0. The Morgan fingerprint density at radius 2 is 1.79 bits per heavy atom. The molecular weight excluding hydrogens is 379 g/mol. The van der Waals surface area contributed by atoms with E-state index >= 15 is 0 Å². The molecule has 0 saturated carbocycles. The number of para-hydroxylation sites is 1. The molecule has 7 heteroatoms. The van der Waals surface area contributed by atoms with Gasteiger partial charge in [0.25, 0.3) is 5.89 Å². The zero-order chi connectivity index (χ0) is 20.6. The first-order valence-electron chi connectivity index (χ1n) is 9.38. The zero-order valence-electron chi connectivity index (χ0n) is 16.1. The number of fused-ring (bicyclic) bond motifs is 1. The van der Waals surface area contributed by atoms with Gasteiger partial charge in [-0.05, 0) is 35.7 Å². The van der Waals surface area contributed by atoms with Gasteiger partial charge in [0.05, 0.1) is 5.56 Å². The number of benzene rings is 2. The Kier molecular flexibility index (Phi) is 4.90. The number of hydrogen-bond donors (Lipinski definition) is 0. The van der Waals surface area contributed by atoms with Crippen molar-refractivity contribution in [3.05, 3.63) is 71.6 Å². The van der Waals surface area contributed by atoms with Gasteiger partial charge in [-0.25, -0.2) is 0 Å². The molecule has 0 fully saturated rings. The van der Waals surface area contributed by atoms with Crippen LogP contribution in [0.3, 0.4) is 0 Å². The van der Waals surface area contributed by atoms with Crippen molar-refractivity contribution < 1.29 is 17.6 Å². The van der Waals surface area contributed by atoms with E-state index in [1.54, 1.807) is 6.07 Å². The van der Waals surface area contributed by atoms with Gasteiger partial charge in [-0.15, -0.1) is 10.2 Å². The minimum Gasteiger partial charge on any atom is -0.419 e. The van der Waals surface area contributed by atoms with Crippen LogP contribution in [0.1, 0.15) is 30.9 Å². The average Bonchev–Trinajstić information content (AvgIpc) is 3.26. The molecule has 29 heavy (non-hydrogen) atoms. The molecule has 4 aromatic rings. The summed E-state index contributed by atoms with van der Waals surface area (Å²) in [5.41, 5.74) is 1.46. The molecule has 0 N–H and O–H groups in total. The highest BCUT2D eigenvalue weighted by molar-refractivity contribution is 5.85. The summed E-state index contributed by atoms with van der Waals surface area (Å²) in [6, 6.07) is 15.0. The fourth-order valence-electron chi connectivity index (χ4n) is 3.38. The van der Waals surface area contributed by atoms with Crippen molar-refractivity contribution in [2.24, 2.45) is 5.92 Å². The normalized spacial score (nSPS) is 12.2. The molecule has 0 unspecified atom stereocenters. The van der Waals surface area contributed by atoms with E-state index in [-0.39, 0.29) is 6.54 Å². The van der Waals surface area contributed by atoms with Crippen LogP contribution < -0.4 is 0 Å². The van der Waals surface area contributed by atoms with Crippen LogP contribution >= 0.6 is 0 Å². The molecule has 150 valence electrons. The first kappa shape index (κ1) is 19.2. The van der Waals surface area contributed by atoms with Gasteiger partial charge < -0.3 is 8.98 Å². The lowest BCUT2D eigenvalue weighted by Gasteiger charge is -2.12. The van der Waals surface area contributed by atoms with Crippen LogP contribution in [0, 0.1) is 5.92 Å². The largest absolute Gasteiger partial charge is 0.419 e. The Balaban J connectivity index is 1.78. The smallest absolute Gasteiger partial charge is 0.416 e.